The summed E-state index contributed by atoms with van der Waals surface area (Å²) in [5.74, 6) is -1.15. The summed E-state index contributed by atoms with van der Waals surface area (Å²) in [5.41, 5.74) is 0.806. The Labute approximate surface area is 139 Å². The lowest BCUT2D eigenvalue weighted by Gasteiger charge is -2.17. The summed E-state index contributed by atoms with van der Waals surface area (Å²) in [4.78, 5) is 34.7. The zero-order chi connectivity index (χ0) is 17.2. The zero-order valence-corrected chi connectivity index (χ0v) is 13.7. The molecule has 0 aliphatic rings. The van der Waals surface area contributed by atoms with Crippen molar-refractivity contribution in [3.63, 3.8) is 0 Å². The summed E-state index contributed by atoms with van der Waals surface area (Å²) in [6.45, 7) is 1.58. The van der Waals surface area contributed by atoms with Gasteiger partial charge >= 0.3 is 18.0 Å². The highest BCUT2D eigenvalue weighted by Gasteiger charge is 2.22. The van der Waals surface area contributed by atoms with E-state index in [4.69, 9.17) is 16.3 Å². The standard InChI is InChI=1S/C15H19ClN2O5/c1-3-23-14(20)12(8-10-4-6-11(16)7-5-10)18-15(21)17-9-13(19)22-2/h4-7,12H,3,8-9H2,1-2H3,(H2,17,18,21). The van der Waals surface area contributed by atoms with Crippen molar-refractivity contribution in [2.45, 2.75) is 19.4 Å². The molecular weight excluding hydrogens is 324 g/mol. The third-order valence-electron chi connectivity index (χ3n) is 2.85. The average molecular weight is 343 g/mol. The molecule has 0 radical (unpaired) electrons. The van der Waals surface area contributed by atoms with E-state index in [0.29, 0.717) is 5.02 Å². The van der Waals surface area contributed by atoms with Crippen LogP contribution in [0, 0.1) is 0 Å². The summed E-state index contributed by atoms with van der Waals surface area (Å²) >= 11 is 5.81. The monoisotopic (exact) mass is 342 g/mol. The van der Waals surface area contributed by atoms with E-state index < -0.39 is 24.0 Å². The van der Waals surface area contributed by atoms with Crippen LogP contribution < -0.4 is 10.6 Å². The van der Waals surface area contributed by atoms with Gasteiger partial charge in [-0.1, -0.05) is 23.7 Å². The van der Waals surface area contributed by atoms with Crippen LogP contribution in [0.25, 0.3) is 0 Å². The van der Waals surface area contributed by atoms with Crippen molar-refractivity contribution in [3.8, 4) is 0 Å². The second kappa shape index (κ2) is 9.68. The van der Waals surface area contributed by atoms with Crippen molar-refractivity contribution in [2.75, 3.05) is 20.3 Å². The lowest BCUT2D eigenvalue weighted by atomic mass is 10.1. The van der Waals surface area contributed by atoms with Gasteiger partial charge in [-0.3, -0.25) is 4.79 Å². The number of ether oxygens (including phenoxy) is 2. The van der Waals surface area contributed by atoms with Crippen LogP contribution in [0.3, 0.4) is 0 Å². The Morgan fingerprint density at radius 3 is 2.43 bits per heavy atom. The number of benzene rings is 1. The van der Waals surface area contributed by atoms with Crippen LogP contribution >= 0.6 is 11.6 Å². The van der Waals surface area contributed by atoms with Gasteiger partial charge in [-0.15, -0.1) is 0 Å². The molecular formula is C15H19ClN2O5. The van der Waals surface area contributed by atoms with Crippen molar-refractivity contribution >= 4 is 29.6 Å². The van der Waals surface area contributed by atoms with E-state index in [1.54, 1.807) is 31.2 Å². The number of amides is 2. The van der Waals surface area contributed by atoms with Crippen molar-refractivity contribution in [1.82, 2.24) is 10.6 Å². The predicted octanol–water partition coefficient (Wildman–Crippen LogP) is 1.29. The van der Waals surface area contributed by atoms with E-state index in [9.17, 15) is 14.4 Å². The van der Waals surface area contributed by atoms with Gasteiger partial charge in [0.1, 0.15) is 12.6 Å². The first kappa shape index (κ1) is 18.8. The molecule has 23 heavy (non-hydrogen) atoms. The van der Waals surface area contributed by atoms with E-state index in [2.05, 4.69) is 15.4 Å². The maximum absolute atomic E-state index is 12.0. The summed E-state index contributed by atoms with van der Waals surface area (Å²) < 4.78 is 9.36. The van der Waals surface area contributed by atoms with Gasteiger partial charge in [-0.25, -0.2) is 9.59 Å². The number of esters is 2. The van der Waals surface area contributed by atoms with E-state index in [-0.39, 0.29) is 19.6 Å². The molecule has 0 aromatic heterocycles. The quantitative estimate of drug-likeness (QED) is 0.728. The SMILES string of the molecule is CCOC(=O)C(Cc1ccc(Cl)cc1)NC(=O)NCC(=O)OC. The molecule has 0 saturated carbocycles. The molecule has 0 aliphatic heterocycles. The number of carbonyl (C=O) groups excluding carboxylic acids is 3. The second-order valence-electron chi connectivity index (χ2n) is 4.54. The van der Waals surface area contributed by atoms with E-state index >= 15 is 0 Å². The third kappa shape index (κ3) is 7.01. The first-order valence-corrected chi connectivity index (χ1v) is 7.36. The van der Waals surface area contributed by atoms with Crippen molar-refractivity contribution in [2.24, 2.45) is 0 Å². The molecule has 0 saturated heterocycles. The molecule has 7 nitrogen and oxygen atoms in total. The number of urea groups is 1. The number of nitrogens with one attached hydrogen (secondary N) is 2. The molecule has 2 amide bonds. The van der Waals surface area contributed by atoms with Gasteiger partial charge in [0.25, 0.3) is 0 Å². The van der Waals surface area contributed by atoms with Gasteiger partial charge in [0, 0.05) is 11.4 Å². The number of carbonyl (C=O) groups is 3. The number of hydrogen-bond donors (Lipinski definition) is 2. The number of methoxy groups -OCH3 is 1. The fraction of sp³-hybridized carbons (Fsp3) is 0.400. The van der Waals surface area contributed by atoms with Crippen molar-refractivity contribution < 1.29 is 23.9 Å². The van der Waals surface area contributed by atoms with Crippen LogP contribution in [0.4, 0.5) is 4.79 Å². The molecule has 126 valence electrons. The highest BCUT2D eigenvalue weighted by molar-refractivity contribution is 6.30. The molecule has 0 aliphatic carbocycles. The summed E-state index contributed by atoms with van der Waals surface area (Å²) in [6.07, 6.45) is 0.238. The summed E-state index contributed by atoms with van der Waals surface area (Å²) in [6, 6.07) is 5.34. The number of halogens is 1. The van der Waals surface area contributed by atoms with E-state index in [1.807, 2.05) is 0 Å². The van der Waals surface area contributed by atoms with Gasteiger partial charge in [0.05, 0.1) is 13.7 Å². The van der Waals surface area contributed by atoms with Crippen LogP contribution in [-0.2, 0) is 25.5 Å². The normalized spacial score (nSPS) is 11.3. The van der Waals surface area contributed by atoms with Crippen LogP contribution in [0.2, 0.25) is 5.02 Å². The zero-order valence-electron chi connectivity index (χ0n) is 12.9. The summed E-state index contributed by atoms with van der Waals surface area (Å²) in [5, 5.41) is 5.36. The third-order valence-corrected chi connectivity index (χ3v) is 3.10. The van der Waals surface area contributed by atoms with Gasteiger partial charge in [0.15, 0.2) is 0 Å². The van der Waals surface area contributed by atoms with E-state index in [0.717, 1.165) is 5.56 Å². The molecule has 1 aromatic rings. The fourth-order valence-electron chi connectivity index (χ4n) is 1.73. The van der Waals surface area contributed by atoms with Gasteiger partial charge in [0.2, 0.25) is 0 Å². The van der Waals surface area contributed by atoms with Crippen LogP contribution in [0.5, 0.6) is 0 Å². The minimum atomic E-state index is -0.881. The minimum absolute atomic E-state index is 0.196. The first-order valence-electron chi connectivity index (χ1n) is 6.98. The largest absolute Gasteiger partial charge is 0.468 e. The Bertz CT molecular complexity index is 547. The molecule has 2 N–H and O–H groups in total. The molecule has 0 bridgehead atoms. The highest BCUT2D eigenvalue weighted by atomic mass is 35.5. The fourth-order valence-corrected chi connectivity index (χ4v) is 1.85. The molecule has 1 aromatic carbocycles. The Kier molecular flexibility index (Phi) is 7.90. The van der Waals surface area contributed by atoms with Gasteiger partial charge < -0.3 is 20.1 Å². The van der Waals surface area contributed by atoms with Crippen LogP contribution in [0.1, 0.15) is 12.5 Å². The maximum Gasteiger partial charge on any atom is 0.329 e. The predicted molar refractivity (Wildman–Crippen MR) is 84.1 cm³/mol. The van der Waals surface area contributed by atoms with Crippen molar-refractivity contribution in [3.05, 3.63) is 34.9 Å². The summed E-state index contributed by atoms with van der Waals surface area (Å²) in [7, 11) is 1.21. The van der Waals surface area contributed by atoms with Gasteiger partial charge in [-0.2, -0.15) is 0 Å². The minimum Gasteiger partial charge on any atom is -0.468 e. The smallest absolute Gasteiger partial charge is 0.329 e. The topological polar surface area (TPSA) is 93.7 Å². The first-order chi connectivity index (χ1) is 11.0. The molecule has 8 heteroatoms. The van der Waals surface area contributed by atoms with Crippen LogP contribution in [-0.4, -0.2) is 44.3 Å². The molecule has 1 rings (SSSR count). The molecule has 0 fully saturated rings. The Morgan fingerprint density at radius 1 is 1.22 bits per heavy atom. The number of rotatable bonds is 7. The van der Waals surface area contributed by atoms with E-state index in [1.165, 1.54) is 7.11 Å². The maximum atomic E-state index is 12.0. The Morgan fingerprint density at radius 2 is 1.87 bits per heavy atom. The lowest BCUT2D eigenvalue weighted by Crippen LogP contribution is -2.48. The molecule has 0 spiro atoms. The highest BCUT2D eigenvalue weighted by Crippen LogP contribution is 2.11. The number of hydrogen-bond acceptors (Lipinski definition) is 5. The van der Waals surface area contributed by atoms with Crippen LogP contribution in [0.15, 0.2) is 24.3 Å². The van der Waals surface area contributed by atoms with Gasteiger partial charge in [-0.05, 0) is 24.6 Å². The molecule has 1 atom stereocenters. The molecule has 0 heterocycles. The van der Waals surface area contributed by atoms with Crippen molar-refractivity contribution in [1.29, 1.82) is 0 Å². The Balaban J connectivity index is 2.68. The average Bonchev–Trinajstić information content (AvgIpc) is 2.54. The molecule has 1 unspecified atom stereocenters. The lowest BCUT2D eigenvalue weighted by molar-refractivity contribution is -0.145. The Hall–Kier alpha value is -2.28. The second-order valence-corrected chi connectivity index (χ2v) is 4.97.